The Morgan fingerprint density at radius 3 is 2.50 bits per heavy atom. The number of rotatable bonds is 2. The van der Waals surface area contributed by atoms with Gasteiger partial charge < -0.3 is 10.6 Å². The third kappa shape index (κ3) is 1.95. The first-order chi connectivity index (χ1) is 5.63. The van der Waals surface area contributed by atoms with E-state index in [9.17, 15) is 4.39 Å². The van der Waals surface area contributed by atoms with Gasteiger partial charge in [0, 0.05) is 26.3 Å². The quantitative estimate of drug-likeness (QED) is 0.722. The second-order valence-corrected chi connectivity index (χ2v) is 2.92. The van der Waals surface area contributed by atoms with Crippen LogP contribution in [0.15, 0.2) is 18.2 Å². The van der Waals surface area contributed by atoms with Gasteiger partial charge in [-0.05, 0) is 23.8 Å². The molecule has 0 spiro atoms. The molecule has 0 aromatic heterocycles. The van der Waals surface area contributed by atoms with Gasteiger partial charge >= 0.3 is 0 Å². The molecule has 2 nitrogen and oxygen atoms in total. The van der Waals surface area contributed by atoms with Crippen molar-refractivity contribution in [2.24, 2.45) is 5.73 Å². The lowest BCUT2D eigenvalue weighted by Gasteiger charge is -2.13. The zero-order valence-corrected chi connectivity index (χ0v) is 7.34. The summed E-state index contributed by atoms with van der Waals surface area (Å²) >= 11 is 0. The monoisotopic (exact) mass is 168 g/mol. The summed E-state index contributed by atoms with van der Waals surface area (Å²) in [4.78, 5) is 1.85. The van der Waals surface area contributed by atoms with Crippen LogP contribution in [0.3, 0.4) is 0 Å². The lowest BCUT2D eigenvalue weighted by Crippen LogP contribution is -2.10. The highest BCUT2D eigenvalue weighted by Gasteiger charge is 2.00. The summed E-state index contributed by atoms with van der Waals surface area (Å²) in [6, 6.07) is 4.81. The zero-order chi connectivity index (χ0) is 9.14. The first-order valence-corrected chi connectivity index (χ1v) is 3.80. The molecule has 1 aromatic carbocycles. The van der Waals surface area contributed by atoms with Crippen molar-refractivity contribution in [1.29, 1.82) is 0 Å². The number of nitrogens with two attached hydrogens (primary N) is 1. The van der Waals surface area contributed by atoms with Gasteiger partial charge in [0.2, 0.25) is 0 Å². The summed E-state index contributed by atoms with van der Waals surface area (Å²) in [6.07, 6.45) is 0. The van der Waals surface area contributed by atoms with E-state index in [-0.39, 0.29) is 5.82 Å². The summed E-state index contributed by atoms with van der Waals surface area (Å²) in [5, 5.41) is 0. The van der Waals surface area contributed by atoms with Crippen molar-refractivity contribution in [3.63, 3.8) is 0 Å². The van der Waals surface area contributed by atoms with E-state index in [1.54, 1.807) is 0 Å². The fourth-order valence-corrected chi connectivity index (χ4v) is 1.01. The first kappa shape index (κ1) is 9.00. The third-order valence-corrected chi connectivity index (χ3v) is 1.69. The summed E-state index contributed by atoms with van der Waals surface area (Å²) < 4.78 is 12.9. The maximum Gasteiger partial charge on any atom is 0.125 e. The topological polar surface area (TPSA) is 29.3 Å². The molecule has 0 saturated carbocycles. The average Bonchev–Trinajstić information content (AvgIpc) is 2.03. The van der Waals surface area contributed by atoms with Gasteiger partial charge in [-0.2, -0.15) is 0 Å². The fraction of sp³-hybridized carbons (Fsp3) is 0.333. The number of anilines is 1. The highest BCUT2D eigenvalue weighted by Crippen LogP contribution is 2.15. The molecule has 0 aliphatic heterocycles. The van der Waals surface area contributed by atoms with Gasteiger partial charge in [0.25, 0.3) is 0 Å². The van der Waals surface area contributed by atoms with Crippen LogP contribution < -0.4 is 10.6 Å². The third-order valence-electron chi connectivity index (χ3n) is 1.69. The van der Waals surface area contributed by atoms with E-state index in [2.05, 4.69) is 0 Å². The van der Waals surface area contributed by atoms with E-state index in [1.807, 2.05) is 25.1 Å². The molecule has 2 N–H and O–H groups in total. The predicted molar refractivity (Wildman–Crippen MR) is 48.6 cm³/mol. The minimum atomic E-state index is -0.235. The van der Waals surface area contributed by atoms with Crippen LogP contribution in [-0.4, -0.2) is 14.1 Å². The molecule has 0 heterocycles. The molecule has 0 bridgehead atoms. The van der Waals surface area contributed by atoms with E-state index in [0.29, 0.717) is 6.54 Å². The van der Waals surface area contributed by atoms with Crippen molar-refractivity contribution in [3.8, 4) is 0 Å². The molecule has 1 aromatic rings. The number of benzene rings is 1. The largest absolute Gasteiger partial charge is 0.378 e. The molecular formula is C9H13FN2. The summed E-state index contributed by atoms with van der Waals surface area (Å²) in [5.41, 5.74) is 7.06. The highest BCUT2D eigenvalue weighted by molar-refractivity contribution is 5.47. The van der Waals surface area contributed by atoms with Crippen molar-refractivity contribution >= 4 is 5.69 Å². The smallest absolute Gasteiger partial charge is 0.125 e. The molecule has 0 aliphatic rings. The van der Waals surface area contributed by atoms with Gasteiger partial charge in [0.15, 0.2) is 0 Å². The Labute approximate surface area is 71.8 Å². The first-order valence-electron chi connectivity index (χ1n) is 3.80. The molecule has 0 unspecified atom stereocenters. The number of halogens is 1. The van der Waals surface area contributed by atoms with Crippen LogP contribution in [0, 0.1) is 5.82 Å². The van der Waals surface area contributed by atoms with Gasteiger partial charge in [0.1, 0.15) is 5.82 Å². The molecule has 66 valence electrons. The van der Waals surface area contributed by atoms with Gasteiger partial charge in [-0.25, -0.2) is 4.39 Å². The molecule has 0 aliphatic carbocycles. The maximum absolute atomic E-state index is 12.9. The van der Waals surface area contributed by atoms with Crippen LogP contribution in [0.25, 0.3) is 0 Å². The Hall–Kier alpha value is -1.09. The highest BCUT2D eigenvalue weighted by atomic mass is 19.1. The number of nitrogens with zero attached hydrogens (tertiary/aromatic N) is 1. The van der Waals surface area contributed by atoms with Gasteiger partial charge in [-0.3, -0.25) is 0 Å². The second-order valence-electron chi connectivity index (χ2n) is 2.92. The van der Waals surface area contributed by atoms with Crippen LogP contribution in [0.5, 0.6) is 0 Å². The van der Waals surface area contributed by atoms with Crippen molar-refractivity contribution in [2.75, 3.05) is 19.0 Å². The lowest BCUT2D eigenvalue weighted by atomic mass is 10.2. The predicted octanol–water partition coefficient (Wildman–Crippen LogP) is 1.35. The van der Waals surface area contributed by atoms with E-state index >= 15 is 0 Å². The van der Waals surface area contributed by atoms with Gasteiger partial charge in [-0.1, -0.05) is 0 Å². The molecule has 12 heavy (non-hydrogen) atoms. The molecule has 0 radical (unpaired) electrons. The Bertz CT molecular complexity index is 271. The average molecular weight is 168 g/mol. The van der Waals surface area contributed by atoms with Crippen molar-refractivity contribution in [1.82, 2.24) is 0 Å². The molecule has 1 rings (SSSR count). The molecule has 0 amide bonds. The van der Waals surface area contributed by atoms with Crippen molar-refractivity contribution in [2.45, 2.75) is 6.54 Å². The van der Waals surface area contributed by atoms with Crippen molar-refractivity contribution in [3.05, 3.63) is 29.6 Å². The fourth-order valence-electron chi connectivity index (χ4n) is 1.01. The van der Waals surface area contributed by atoms with E-state index in [1.165, 1.54) is 12.1 Å². The zero-order valence-electron chi connectivity index (χ0n) is 7.34. The van der Waals surface area contributed by atoms with Crippen LogP contribution in [0.1, 0.15) is 5.56 Å². The Kier molecular flexibility index (Phi) is 2.65. The Morgan fingerprint density at radius 1 is 1.33 bits per heavy atom. The molecule has 3 heteroatoms. The van der Waals surface area contributed by atoms with Crippen LogP contribution in [0.2, 0.25) is 0 Å². The lowest BCUT2D eigenvalue weighted by molar-refractivity contribution is 0.625. The van der Waals surface area contributed by atoms with Crippen LogP contribution in [0.4, 0.5) is 10.1 Å². The molecular weight excluding hydrogens is 155 g/mol. The molecule has 0 fully saturated rings. The minimum Gasteiger partial charge on any atom is -0.378 e. The van der Waals surface area contributed by atoms with Gasteiger partial charge in [0.05, 0.1) is 0 Å². The summed E-state index contributed by atoms with van der Waals surface area (Å²) in [7, 11) is 3.74. The number of hydrogen-bond acceptors (Lipinski definition) is 2. The van der Waals surface area contributed by atoms with Crippen LogP contribution in [-0.2, 0) is 6.54 Å². The number of hydrogen-bond donors (Lipinski definition) is 1. The Balaban J connectivity index is 3.06. The van der Waals surface area contributed by atoms with Crippen LogP contribution >= 0.6 is 0 Å². The summed E-state index contributed by atoms with van der Waals surface area (Å²) in [5.74, 6) is -0.235. The Morgan fingerprint density at radius 2 is 2.00 bits per heavy atom. The van der Waals surface area contributed by atoms with E-state index in [4.69, 9.17) is 5.73 Å². The SMILES string of the molecule is CN(C)c1cc(F)cc(CN)c1. The molecule has 0 atom stereocenters. The van der Waals surface area contributed by atoms with Crippen molar-refractivity contribution < 1.29 is 4.39 Å². The second kappa shape index (κ2) is 3.54. The van der Waals surface area contributed by atoms with E-state index < -0.39 is 0 Å². The minimum absolute atomic E-state index is 0.235. The maximum atomic E-state index is 12.9. The van der Waals surface area contributed by atoms with E-state index in [0.717, 1.165) is 11.3 Å². The summed E-state index contributed by atoms with van der Waals surface area (Å²) in [6.45, 7) is 0.374. The standard InChI is InChI=1S/C9H13FN2/c1-12(2)9-4-7(6-11)3-8(10)5-9/h3-5H,6,11H2,1-2H3. The normalized spacial score (nSPS) is 10.0. The molecule has 0 saturated heterocycles. The van der Waals surface area contributed by atoms with Gasteiger partial charge in [-0.15, -0.1) is 0 Å².